The number of anilines is 2. The van der Waals surface area contributed by atoms with Crippen LogP contribution in [0.2, 0.25) is 0 Å². The van der Waals surface area contributed by atoms with Crippen molar-refractivity contribution in [2.24, 2.45) is 0 Å². The van der Waals surface area contributed by atoms with Gasteiger partial charge in [0.25, 0.3) is 0 Å². The highest BCUT2D eigenvalue weighted by Crippen LogP contribution is 2.17. The predicted molar refractivity (Wildman–Crippen MR) is 61.8 cm³/mol. The van der Waals surface area contributed by atoms with Crippen molar-refractivity contribution in [3.8, 4) is 6.07 Å². The third-order valence-corrected chi connectivity index (χ3v) is 2.81. The molecule has 0 saturated carbocycles. The molecule has 1 fully saturated rings. The average Bonchev–Trinajstić information content (AvgIpc) is 2.57. The summed E-state index contributed by atoms with van der Waals surface area (Å²) in [4.78, 5) is 10.5. The fraction of sp³-hybridized carbons (Fsp3) is 0.545. The van der Waals surface area contributed by atoms with E-state index in [0.29, 0.717) is 11.5 Å². The van der Waals surface area contributed by atoms with Crippen LogP contribution in [0.5, 0.6) is 0 Å². The first kappa shape index (κ1) is 10.7. The smallest absolute Gasteiger partial charge is 0.227 e. The van der Waals surface area contributed by atoms with Gasteiger partial charge in [-0.2, -0.15) is 10.2 Å². The summed E-state index contributed by atoms with van der Waals surface area (Å²) in [6, 6.07) is 1.97. The van der Waals surface area contributed by atoms with Crippen LogP contribution in [0.3, 0.4) is 0 Å². The van der Waals surface area contributed by atoms with E-state index in [0.717, 1.165) is 13.1 Å². The molecular weight excluding hydrogens is 202 g/mol. The Labute approximate surface area is 94.9 Å². The van der Waals surface area contributed by atoms with Crippen LogP contribution in [0.1, 0.15) is 31.2 Å². The van der Waals surface area contributed by atoms with Crippen LogP contribution in [-0.4, -0.2) is 23.1 Å². The zero-order valence-corrected chi connectivity index (χ0v) is 9.19. The standard InChI is InChI=1S/C11H15N5/c12-7-9-8-14-11(15-10(9)13)16-5-3-1-2-4-6-16/h8H,1-6H2,(H2,13,14,15). The normalized spacial score (nSPS) is 16.6. The summed E-state index contributed by atoms with van der Waals surface area (Å²) in [5.74, 6) is 0.926. The lowest BCUT2D eigenvalue weighted by Gasteiger charge is -2.20. The van der Waals surface area contributed by atoms with Crippen LogP contribution >= 0.6 is 0 Å². The molecule has 5 nitrogen and oxygen atoms in total. The van der Waals surface area contributed by atoms with Gasteiger partial charge < -0.3 is 10.6 Å². The van der Waals surface area contributed by atoms with E-state index in [4.69, 9.17) is 11.0 Å². The molecule has 84 valence electrons. The van der Waals surface area contributed by atoms with Gasteiger partial charge in [0.2, 0.25) is 5.95 Å². The third-order valence-electron chi connectivity index (χ3n) is 2.81. The second-order valence-corrected chi connectivity index (χ2v) is 3.98. The Hall–Kier alpha value is -1.83. The van der Waals surface area contributed by atoms with Gasteiger partial charge in [-0.05, 0) is 12.8 Å². The summed E-state index contributed by atoms with van der Waals surface area (Å²) in [6.07, 6.45) is 6.37. The lowest BCUT2D eigenvalue weighted by Crippen LogP contribution is -2.26. The summed E-state index contributed by atoms with van der Waals surface area (Å²) in [7, 11) is 0. The maximum Gasteiger partial charge on any atom is 0.227 e. The molecule has 1 aromatic heterocycles. The van der Waals surface area contributed by atoms with Crippen molar-refractivity contribution >= 4 is 11.8 Å². The highest BCUT2D eigenvalue weighted by atomic mass is 15.3. The van der Waals surface area contributed by atoms with E-state index in [1.807, 2.05) is 6.07 Å². The van der Waals surface area contributed by atoms with Gasteiger partial charge in [-0.15, -0.1) is 0 Å². The number of aromatic nitrogens is 2. The van der Waals surface area contributed by atoms with Gasteiger partial charge in [0.15, 0.2) is 0 Å². The molecule has 0 bridgehead atoms. The number of hydrogen-bond donors (Lipinski definition) is 1. The van der Waals surface area contributed by atoms with Crippen molar-refractivity contribution in [1.82, 2.24) is 9.97 Å². The van der Waals surface area contributed by atoms with Crippen LogP contribution in [0.15, 0.2) is 6.20 Å². The van der Waals surface area contributed by atoms with Crippen molar-refractivity contribution < 1.29 is 0 Å². The van der Waals surface area contributed by atoms with E-state index in [2.05, 4.69) is 14.9 Å². The van der Waals surface area contributed by atoms with E-state index < -0.39 is 0 Å². The van der Waals surface area contributed by atoms with Gasteiger partial charge in [-0.25, -0.2) is 4.98 Å². The molecule has 0 aliphatic carbocycles. The monoisotopic (exact) mass is 217 g/mol. The first-order chi connectivity index (χ1) is 7.81. The van der Waals surface area contributed by atoms with Crippen LogP contribution in [0, 0.1) is 11.3 Å². The number of nitrogens with two attached hydrogens (primary N) is 1. The molecule has 5 heteroatoms. The van der Waals surface area contributed by atoms with E-state index >= 15 is 0 Å². The van der Waals surface area contributed by atoms with Gasteiger partial charge in [-0.3, -0.25) is 0 Å². The summed E-state index contributed by atoms with van der Waals surface area (Å²) in [6.45, 7) is 1.96. The topological polar surface area (TPSA) is 78.8 Å². The molecule has 1 aliphatic rings. The average molecular weight is 217 g/mol. The molecule has 0 unspecified atom stereocenters. The highest BCUT2D eigenvalue weighted by molar-refractivity contribution is 5.50. The maximum absolute atomic E-state index is 8.74. The lowest BCUT2D eigenvalue weighted by atomic mass is 10.2. The van der Waals surface area contributed by atoms with E-state index in [-0.39, 0.29) is 5.82 Å². The zero-order valence-electron chi connectivity index (χ0n) is 9.19. The summed E-state index contributed by atoms with van der Waals surface area (Å²) < 4.78 is 0. The molecule has 2 rings (SSSR count). The second kappa shape index (κ2) is 4.79. The van der Waals surface area contributed by atoms with Crippen LogP contribution in [0.25, 0.3) is 0 Å². The molecule has 1 aromatic rings. The molecule has 1 saturated heterocycles. The number of rotatable bonds is 1. The molecule has 0 spiro atoms. The molecule has 1 aliphatic heterocycles. The highest BCUT2D eigenvalue weighted by Gasteiger charge is 2.13. The first-order valence-corrected chi connectivity index (χ1v) is 5.59. The summed E-state index contributed by atoms with van der Waals surface area (Å²) >= 11 is 0. The quantitative estimate of drug-likeness (QED) is 0.767. The Kier molecular flexibility index (Phi) is 3.20. The molecule has 0 atom stereocenters. The molecular formula is C11H15N5. The lowest BCUT2D eigenvalue weighted by molar-refractivity contribution is 0.726. The number of nitrogen functional groups attached to an aromatic ring is 1. The molecule has 0 amide bonds. The summed E-state index contributed by atoms with van der Waals surface area (Å²) in [5.41, 5.74) is 6.02. The number of nitriles is 1. The zero-order chi connectivity index (χ0) is 11.4. The Morgan fingerprint density at radius 1 is 1.25 bits per heavy atom. The first-order valence-electron chi connectivity index (χ1n) is 5.59. The Bertz CT molecular complexity index is 401. The molecule has 2 N–H and O–H groups in total. The van der Waals surface area contributed by atoms with Crippen molar-refractivity contribution in [2.45, 2.75) is 25.7 Å². The molecule has 16 heavy (non-hydrogen) atoms. The molecule has 0 aromatic carbocycles. The van der Waals surface area contributed by atoms with E-state index in [1.165, 1.54) is 31.9 Å². The fourth-order valence-electron chi connectivity index (χ4n) is 1.89. The Morgan fingerprint density at radius 2 is 1.94 bits per heavy atom. The predicted octanol–water partition coefficient (Wildman–Crippen LogP) is 1.31. The van der Waals surface area contributed by atoms with Crippen molar-refractivity contribution in [1.29, 1.82) is 5.26 Å². The van der Waals surface area contributed by atoms with Crippen molar-refractivity contribution in [3.05, 3.63) is 11.8 Å². The Balaban J connectivity index is 2.20. The van der Waals surface area contributed by atoms with E-state index in [9.17, 15) is 0 Å². The second-order valence-electron chi connectivity index (χ2n) is 3.98. The van der Waals surface area contributed by atoms with Gasteiger partial charge in [0.05, 0.1) is 6.20 Å². The number of hydrogen-bond acceptors (Lipinski definition) is 5. The van der Waals surface area contributed by atoms with Gasteiger partial charge in [0, 0.05) is 13.1 Å². The minimum atomic E-state index is 0.275. The van der Waals surface area contributed by atoms with Crippen LogP contribution < -0.4 is 10.6 Å². The molecule has 2 heterocycles. The Morgan fingerprint density at radius 3 is 2.50 bits per heavy atom. The maximum atomic E-state index is 8.74. The van der Waals surface area contributed by atoms with Crippen molar-refractivity contribution in [2.75, 3.05) is 23.7 Å². The fourth-order valence-corrected chi connectivity index (χ4v) is 1.89. The largest absolute Gasteiger partial charge is 0.382 e. The van der Waals surface area contributed by atoms with Gasteiger partial charge >= 0.3 is 0 Å². The third kappa shape index (κ3) is 2.22. The van der Waals surface area contributed by atoms with Crippen LogP contribution in [-0.2, 0) is 0 Å². The summed E-state index contributed by atoms with van der Waals surface area (Å²) in [5, 5.41) is 8.74. The SMILES string of the molecule is N#Cc1cnc(N2CCCCCC2)nc1N. The number of nitrogens with zero attached hydrogens (tertiary/aromatic N) is 4. The van der Waals surface area contributed by atoms with Gasteiger partial charge in [0.1, 0.15) is 17.5 Å². The van der Waals surface area contributed by atoms with Crippen LogP contribution in [0.4, 0.5) is 11.8 Å². The minimum Gasteiger partial charge on any atom is -0.382 e. The minimum absolute atomic E-state index is 0.275. The van der Waals surface area contributed by atoms with E-state index in [1.54, 1.807) is 0 Å². The molecule has 0 radical (unpaired) electrons. The van der Waals surface area contributed by atoms with Crippen molar-refractivity contribution in [3.63, 3.8) is 0 Å². The van der Waals surface area contributed by atoms with Gasteiger partial charge in [-0.1, -0.05) is 12.8 Å².